The van der Waals surface area contributed by atoms with Crippen LogP contribution in [0.2, 0.25) is 0 Å². The van der Waals surface area contributed by atoms with Crippen LogP contribution in [0.25, 0.3) is 11.3 Å². The van der Waals surface area contributed by atoms with Gasteiger partial charge in [-0.2, -0.15) is 0 Å². The highest BCUT2D eigenvalue weighted by Gasteiger charge is 2.30. The van der Waals surface area contributed by atoms with Gasteiger partial charge in [-0.25, -0.2) is 14.4 Å². The molecule has 1 saturated heterocycles. The second kappa shape index (κ2) is 12.8. The molecule has 2 aliphatic heterocycles. The number of hydrogen-bond donors (Lipinski definition) is 0. The predicted molar refractivity (Wildman–Crippen MR) is 158 cm³/mol. The zero-order valence-electron chi connectivity index (χ0n) is 23.2. The van der Waals surface area contributed by atoms with Gasteiger partial charge in [0.05, 0.1) is 24.9 Å². The predicted octanol–water partition coefficient (Wildman–Crippen LogP) is 5.01. The molecule has 3 aromatic rings. The molecule has 3 unspecified atom stereocenters. The molecule has 214 valence electrons. The van der Waals surface area contributed by atoms with E-state index in [0.717, 1.165) is 29.8 Å². The summed E-state index contributed by atoms with van der Waals surface area (Å²) < 4.78 is 33.2. The van der Waals surface area contributed by atoms with Crippen molar-refractivity contribution in [3.63, 3.8) is 0 Å². The Morgan fingerprint density at radius 3 is 2.80 bits per heavy atom. The molecule has 5 rings (SSSR count). The number of ether oxygens (including phenoxy) is 3. The summed E-state index contributed by atoms with van der Waals surface area (Å²) >= 11 is 1.51. The molecule has 0 bridgehead atoms. The number of benzene rings is 1. The van der Waals surface area contributed by atoms with Crippen molar-refractivity contribution in [2.75, 3.05) is 32.7 Å². The minimum Gasteiger partial charge on any atom is -0.454 e. The van der Waals surface area contributed by atoms with E-state index in [0.29, 0.717) is 46.3 Å². The van der Waals surface area contributed by atoms with Crippen molar-refractivity contribution < 1.29 is 18.6 Å². The molecule has 10 heteroatoms. The molecule has 0 saturated carbocycles. The molecule has 41 heavy (non-hydrogen) atoms. The van der Waals surface area contributed by atoms with Crippen LogP contribution in [0.15, 0.2) is 83.4 Å². The highest BCUT2D eigenvalue weighted by molar-refractivity contribution is 7.99. The minimum atomic E-state index is -0.846. The fourth-order valence-corrected chi connectivity index (χ4v) is 5.47. The van der Waals surface area contributed by atoms with Crippen molar-refractivity contribution >= 4 is 11.8 Å². The lowest BCUT2D eigenvalue weighted by Gasteiger charge is -2.19. The van der Waals surface area contributed by atoms with Crippen molar-refractivity contribution in [1.82, 2.24) is 19.4 Å². The van der Waals surface area contributed by atoms with Gasteiger partial charge in [0.2, 0.25) is 6.79 Å². The molecule has 2 aromatic heterocycles. The first-order valence-corrected chi connectivity index (χ1v) is 14.4. The van der Waals surface area contributed by atoms with Gasteiger partial charge in [0, 0.05) is 35.8 Å². The quantitative estimate of drug-likeness (QED) is 0.122. The Kier molecular flexibility index (Phi) is 9.02. The molecule has 0 spiro atoms. The van der Waals surface area contributed by atoms with E-state index in [1.807, 2.05) is 25.1 Å². The number of halogens is 1. The Morgan fingerprint density at radius 1 is 1.24 bits per heavy atom. The van der Waals surface area contributed by atoms with E-state index < -0.39 is 11.4 Å². The molecule has 0 aliphatic carbocycles. The number of likely N-dealkylation sites (N-methyl/N-ethyl adjacent to an activating group) is 1. The monoisotopic (exact) mass is 576 g/mol. The average Bonchev–Trinajstić information content (AvgIpc) is 3.46. The first kappa shape index (κ1) is 28.8. The number of fused-ring (bicyclic) bond motifs is 1. The van der Waals surface area contributed by atoms with E-state index >= 15 is 0 Å². The van der Waals surface area contributed by atoms with Crippen LogP contribution in [0, 0.1) is 12.7 Å². The van der Waals surface area contributed by atoms with Crippen LogP contribution in [0.1, 0.15) is 17.7 Å². The fourth-order valence-electron chi connectivity index (χ4n) is 4.59. The molecule has 4 heterocycles. The number of aromatic nitrogens is 3. The summed E-state index contributed by atoms with van der Waals surface area (Å²) in [6.07, 6.45) is 7.71. The van der Waals surface area contributed by atoms with Gasteiger partial charge < -0.3 is 18.8 Å². The van der Waals surface area contributed by atoms with Crippen molar-refractivity contribution in [2.45, 2.75) is 37.2 Å². The maximum atomic E-state index is 14.8. The van der Waals surface area contributed by atoms with E-state index in [1.165, 1.54) is 22.4 Å². The van der Waals surface area contributed by atoms with Crippen molar-refractivity contribution in [2.24, 2.45) is 0 Å². The van der Waals surface area contributed by atoms with Gasteiger partial charge in [0.1, 0.15) is 0 Å². The van der Waals surface area contributed by atoms with E-state index in [4.69, 9.17) is 19.2 Å². The number of nitrogens with zero attached hydrogens (tertiary/aromatic N) is 4. The molecule has 0 N–H and O–H groups in total. The molecule has 0 amide bonds. The molecule has 2 aliphatic rings. The number of thioether (sulfide) groups is 1. The van der Waals surface area contributed by atoms with E-state index in [1.54, 1.807) is 30.5 Å². The summed E-state index contributed by atoms with van der Waals surface area (Å²) in [5.74, 6) is 1.11. The van der Waals surface area contributed by atoms with Gasteiger partial charge >= 0.3 is 0 Å². The molecular weight excluding hydrogens is 543 g/mol. The Labute approximate surface area is 243 Å². The number of rotatable bonds is 13. The van der Waals surface area contributed by atoms with Gasteiger partial charge in [0.25, 0.3) is 5.56 Å². The Bertz CT molecular complexity index is 1540. The van der Waals surface area contributed by atoms with E-state index in [-0.39, 0.29) is 19.4 Å². The summed E-state index contributed by atoms with van der Waals surface area (Å²) in [4.78, 5) is 24.1. The SMILES string of the molecule is C=C/C=C(\C=C)C(CCSc1nc(C)cc(-c2cc(F)c(=O)n(Cc3ccc4c(c3)OCO4)c2)n1)OCC1CN1C. The van der Waals surface area contributed by atoms with Gasteiger partial charge in [-0.05, 0) is 55.8 Å². The number of hydrogen-bond acceptors (Lipinski definition) is 8. The zero-order chi connectivity index (χ0) is 28.9. The number of pyridine rings is 1. The summed E-state index contributed by atoms with van der Waals surface area (Å²) in [6, 6.07) is 8.88. The third-order valence-corrected chi connectivity index (χ3v) is 7.85. The standard InChI is InChI=1S/C31H33FN4O4S/c1-5-7-22(6-2)27(38-18-24-17-35(24)4)10-11-41-31-33-20(3)12-26(34-31)23-14-25(32)30(37)36(16-23)15-21-8-9-28-29(13-21)40-19-39-28/h5-9,12-14,16,24,27H,1-2,10-11,15,17-19H2,3-4H3/b22-7+. The molecule has 8 nitrogen and oxygen atoms in total. The Morgan fingerprint density at radius 2 is 2.05 bits per heavy atom. The lowest BCUT2D eigenvalue weighted by atomic mass is 10.1. The van der Waals surface area contributed by atoms with Crippen molar-refractivity contribution in [3.05, 3.63) is 101 Å². The van der Waals surface area contributed by atoms with Gasteiger partial charge in [-0.15, -0.1) is 0 Å². The van der Waals surface area contributed by atoms with Crippen molar-refractivity contribution in [3.8, 4) is 22.8 Å². The van der Waals surface area contributed by atoms with Crippen molar-refractivity contribution in [1.29, 1.82) is 0 Å². The zero-order valence-corrected chi connectivity index (χ0v) is 24.0. The topological polar surface area (TPSA) is 78.5 Å². The van der Waals surface area contributed by atoms with Crippen LogP contribution in [0.4, 0.5) is 4.39 Å². The van der Waals surface area contributed by atoms with Crippen LogP contribution in [-0.2, 0) is 11.3 Å². The summed E-state index contributed by atoms with van der Waals surface area (Å²) in [5.41, 5.74) is 2.84. The highest BCUT2D eigenvalue weighted by atomic mass is 32.2. The molecule has 1 fully saturated rings. The molecule has 1 aromatic carbocycles. The normalized spacial score (nSPS) is 18.3. The maximum Gasteiger partial charge on any atom is 0.286 e. The van der Waals surface area contributed by atoms with Gasteiger partial charge in [0.15, 0.2) is 22.5 Å². The van der Waals surface area contributed by atoms with Gasteiger partial charge in [-0.3, -0.25) is 9.69 Å². The van der Waals surface area contributed by atoms with E-state index in [2.05, 4.69) is 30.1 Å². The largest absolute Gasteiger partial charge is 0.454 e. The number of allylic oxidation sites excluding steroid dienone is 2. The fraction of sp³-hybridized carbons (Fsp3) is 0.323. The highest BCUT2D eigenvalue weighted by Crippen LogP contribution is 2.33. The first-order chi connectivity index (χ1) is 19.8. The van der Waals surface area contributed by atoms with Gasteiger partial charge in [-0.1, -0.05) is 49.2 Å². The number of aryl methyl sites for hydroxylation is 1. The molecule has 3 atom stereocenters. The lowest BCUT2D eigenvalue weighted by Crippen LogP contribution is -2.23. The second-order valence-electron chi connectivity index (χ2n) is 10.0. The molecular formula is C31H33FN4O4S. The van der Waals surface area contributed by atoms with E-state index in [9.17, 15) is 9.18 Å². The van der Waals surface area contributed by atoms with Crippen LogP contribution in [0.5, 0.6) is 11.5 Å². The third kappa shape index (κ3) is 7.13. The average molecular weight is 577 g/mol. The van der Waals surface area contributed by atoms with Crippen LogP contribution in [-0.4, -0.2) is 64.3 Å². The summed E-state index contributed by atoms with van der Waals surface area (Å²) in [5, 5.41) is 0.572. The first-order valence-electron chi connectivity index (χ1n) is 13.4. The Hall–Kier alpha value is -3.73. The summed E-state index contributed by atoms with van der Waals surface area (Å²) in [6.45, 7) is 11.6. The summed E-state index contributed by atoms with van der Waals surface area (Å²) in [7, 11) is 2.08. The Balaban J connectivity index is 1.31. The van der Waals surface area contributed by atoms with Crippen LogP contribution in [0.3, 0.4) is 0 Å². The smallest absolute Gasteiger partial charge is 0.286 e. The third-order valence-electron chi connectivity index (χ3n) is 6.97. The second-order valence-corrected chi connectivity index (χ2v) is 11.1. The van der Waals surface area contributed by atoms with Crippen LogP contribution < -0.4 is 15.0 Å². The lowest BCUT2D eigenvalue weighted by molar-refractivity contribution is 0.0746. The maximum absolute atomic E-state index is 14.8. The minimum absolute atomic E-state index is 0.120. The van der Waals surface area contributed by atoms with Crippen LogP contribution >= 0.6 is 11.8 Å². The molecule has 0 radical (unpaired) electrons.